The van der Waals surface area contributed by atoms with Crippen LogP contribution in [0.1, 0.15) is 25.3 Å². The number of methoxy groups -OCH3 is 1. The predicted molar refractivity (Wildman–Crippen MR) is 77.7 cm³/mol. The van der Waals surface area contributed by atoms with Crippen LogP contribution in [0.3, 0.4) is 0 Å². The molecular weight excluding hydrogens is 238 g/mol. The zero-order valence-corrected chi connectivity index (χ0v) is 11.8. The minimum absolute atomic E-state index is 0.338. The maximum absolute atomic E-state index is 5.27. The summed E-state index contributed by atoms with van der Waals surface area (Å²) in [5, 5.41) is 3.13. The fourth-order valence-electron chi connectivity index (χ4n) is 2.14. The normalized spacial score (nSPS) is 10.6. The molecule has 0 bridgehead atoms. The Hall–Kier alpha value is -2.10. The fraction of sp³-hybridized carbons (Fsp3) is 0.333. The molecule has 0 saturated heterocycles. The van der Waals surface area contributed by atoms with Crippen LogP contribution >= 0.6 is 0 Å². The van der Waals surface area contributed by atoms with Gasteiger partial charge in [-0.1, -0.05) is 26.0 Å². The van der Waals surface area contributed by atoms with Crippen LogP contribution in [0.4, 0.5) is 5.82 Å². The van der Waals surface area contributed by atoms with Gasteiger partial charge in [-0.05, 0) is 18.1 Å². The number of hydrogen-bond acceptors (Lipinski definition) is 4. The number of rotatable bonds is 4. The second-order valence-corrected chi connectivity index (χ2v) is 4.62. The van der Waals surface area contributed by atoms with Gasteiger partial charge in [0.05, 0.1) is 12.8 Å². The Balaban J connectivity index is 2.60. The van der Waals surface area contributed by atoms with Crippen molar-refractivity contribution in [3.05, 3.63) is 36.2 Å². The topological polar surface area (TPSA) is 47.0 Å². The van der Waals surface area contributed by atoms with E-state index in [4.69, 9.17) is 4.74 Å². The smallest absolute Gasteiger partial charge is 0.133 e. The summed E-state index contributed by atoms with van der Waals surface area (Å²) >= 11 is 0. The molecule has 100 valence electrons. The van der Waals surface area contributed by atoms with Gasteiger partial charge in [-0.25, -0.2) is 9.97 Å². The van der Waals surface area contributed by atoms with Crippen LogP contribution in [-0.2, 0) is 0 Å². The molecule has 4 nitrogen and oxygen atoms in total. The molecule has 0 radical (unpaired) electrons. The largest absolute Gasteiger partial charge is 0.497 e. The first-order valence-electron chi connectivity index (χ1n) is 6.34. The number of benzene rings is 1. The molecule has 0 unspecified atom stereocenters. The van der Waals surface area contributed by atoms with Gasteiger partial charge in [0.15, 0.2) is 0 Å². The van der Waals surface area contributed by atoms with Crippen molar-refractivity contribution in [2.45, 2.75) is 19.8 Å². The predicted octanol–water partition coefficient (Wildman–Crippen LogP) is 3.32. The first-order valence-corrected chi connectivity index (χ1v) is 6.34. The molecule has 0 spiro atoms. The Morgan fingerprint density at radius 1 is 1.21 bits per heavy atom. The number of anilines is 1. The van der Waals surface area contributed by atoms with Gasteiger partial charge in [0.25, 0.3) is 0 Å². The molecule has 0 aliphatic heterocycles. The molecule has 0 saturated carbocycles. The molecule has 4 heteroatoms. The molecule has 1 N–H and O–H groups in total. The molecule has 0 aliphatic rings. The van der Waals surface area contributed by atoms with Crippen molar-refractivity contribution in [2.24, 2.45) is 0 Å². The highest BCUT2D eigenvalue weighted by atomic mass is 16.5. The number of ether oxygens (including phenoxy) is 1. The highest BCUT2D eigenvalue weighted by Gasteiger charge is 2.15. The van der Waals surface area contributed by atoms with Crippen molar-refractivity contribution in [1.82, 2.24) is 9.97 Å². The van der Waals surface area contributed by atoms with Gasteiger partial charge in [-0.3, -0.25) is 0 Å². The Kier molecular flexibility index (Phi) is 4.00. The Bertz CT molecular complexity index is 567. The molecular formula is C15H19N3O. The standard InChI is InChI=1S/C15H19N3O/c1-10(2)13-14(17-9-18-15(13)16-3)11-6-5-7-12(8-11)19-4/h5-10H,1-4H3,(H,16,17,18). The van der Waals surface area contributed by atoms with E-state index in [1.54, 1.807) is 13.4 Å². The van der Waals surface area contributed by atoms with Gasteiger partial charge in [0, 0.05) is 18.2 Å². The van der Waals surface area contributed by atoms with Crippen molar-refractivity contribution in [1.29, 1.82) is 0 Å². The van der Waals surface area contributed by atoms with Crippen molar-refractivity contribution in [3.63, 3.8) is 0 Å². The first-order chi connectivity index (χ1) is 9.17. The molecule has 0 fully saturated rings. The second-order valence-electron chi connectivity index (χ2n) is 4.62. The van der Waals surface area contributed by atoms with E-state index in [0.29, 0.717) is 5.92 Å². The van der Waals surface area contributed by atoms with Crippen LogP contribution in [0, 0.1) is 0 Å². The molecule has 0 amide bonds. The lowest BCUT2D eigenvalue weighted by Crippen LogP contribution is -2.04. The summed E-state index contributed by atoms with van der Waals surface area (Å²) in [5.41, 5.74) is 3.12. The highest BCUT2D eigenvalue weighted by Crippen LogP contribution is 2.32. The summed E-state index contributed by atoms with van der Waals surface area (Å²) in [4.78, 5) is 8.74. The quantitative estimate of drug-likeness (QED) is 0.912. The lowest BCUT2D eigenvalue weighted by Gasteiger charge is -2.16. The Morgan fingerprint density at radius 2 is 2.00 bits per heavy atom. The molecule has 2 rings (SSSR count). The van der Waals surface area contributed by atoms with E-state index in [-0.39, 0.29) is 0 Å². The van der Waals surface area contributed by atoms with Gasteiger partial charge in [-0.2, -0.15) is 0 Å². The molecule has 0 aliphatic carbocycles. The highest BCUT2D eigenvalue weighted by molar-refractivity contribution is 5.70. The van der Waals surface area contributed by atoms with Crippen LogP contribution < -0.4 is 10.1 Å². The summed E-state index contributed by atoms with van der Waals surface area (Å²) in [6.07, 6.45) is 1.59. The van der Waals surface area contributed by atoms with Crippen LogP contribution in [0.5, 0.6) is 5.75 Å². The van der Waals surface area contributed by atoms with E-state index in [9.17, 15) is 0 Å². The van der Waals surface area contributed by atoms with Crippen LogP contribution in [0.15, 0.2) is 30.6 Å². The Morgan fingerprint density at radius 3 is 2.63 bits per heavy atom. The van der Waals surface area contributed by atoms with E-state index < -0.39 is 0 Å². The zero-order valence-electron chi connectivity index (χ0n) is 11.8. The van der Waals surface area contributed by atoms with E-state index in [1.807, 2.05) is 31.3 Å². The third kappa shape index (κ3) is 2.67. The number of nitrogens with zero attached hydrogens (tertiary/aromatic N) is 2. The van der Waals surface area contributed by atoms with Gasteiger partial charge >= 0.3 is 0 Å². The third-order valence-corrected chi connectivity index (χ3v) is 3.04. The molecule has 1 aromatic heterocycles. The summed E-state index contributed by atoms with van der Waals surface area (Å²) in [6, 6.07) is 7.93. The maximum Gasteiger partial charge on any atom is 0.133 e. The van der Waals surface area contributed by atoms with Gasteiger partial charge in [-0.15, -0.1) is 0 Å². The summed E-state index contributed by atoms with van der Waals surface area (Å²) in [5.74, 6) is 2.05. The van der Waals surface area contributed by atoms with Crippen molar-refractivity contribution in [2.75, 3.05) is 19.5 Å². The lowest BCUT2D eigenvalue weighted by atomic mass is 9.97. The summed E-state index contributed by atoms with van der Waals surface area (Å²) < 4.78 is 5.27. The first kappa shape index (κ1) is 13.3. The SMILES string of the molecule is CNc1ncnc(-c2cccc(OC)c2)c1C(C)C. The minimum Gasteiger partial charge on any atom is -0.497 e. The fourth-order valence-corrected chi connectivity index (χ4v) is 2.14. The van der Waals surface area contributed by atoms with Crippen molar-refractivity contribution < 1.29 is 4.74 Å². The zero-order chi connectivity index (χ0) is 13.8. The van der Waals surface area contributed by atoms with Crippen LogP contribution in [0.2, 0.25) is 0 Å². The van der Waals surface area contributed by atoms with Gasteiger partial charge < -0.3 is 10.1 Å². The average molecular weight is 257 g/mol. The van der Waals surface area contributed by atoms with E-state index >= 15 is 0 Å². The monoisotopic (exact) mass is 257 g/mol. The third-order valence-electron chi connectivity index (χ3n) is 3.04. The van der Waals surface area contributed by atoms with Gasteiger partial charge in [0.1, 0.15) is 17.9 Å². The van der Waals surface area contributed by atoms with Crippen LogP contribution in [-0.4, -0.2) is 24.1 Å². The summed E-state index contributed by atoms with van der Waals surface area (Å²) in [6.45, 7) is 4.28. The van der Waals surface area contributed by atoms with Crippen molar-refractivity contribution >= 4 is 5.82 Å². The summed E-state index contributed by atoms with van der Waals surface area (Å²) in [7, 11) is 3.55. The number of hydrogen-bond donors (Lipinski definition) is 1. The maximum atomic E-state index is 5.27. The molecule has 2 aromatic rings. The molecule has 1 heterocycles. The second kappa shape index (κ2) is 5.69. The lowest BCUT2D eigenvalue weighted by molar-refractivity contribution is 0.415. The van der Waals surface area contributed by atoms with E-state index in [2.05, 4.69) is 29.1 Å². The molecule has 19 heavy (non-hydrogen) atoms. The molecule has 1 aromatic carbocycles. The molecule has 0 atom stereocenters. The van der Waals surface area contributed by atoms with E-state index in [1.165, 1.54) is 0 Å². The van der Waals surface area contributed by atoms with Gasteiger partial charge in [0.2, 0.25) is 0 Å². The van der Waals surface area contributed by atoms with Crippen molar-refractivity contribution in [3.8, 4) is 17.0 Å². The number of nitrogens with one attached hydrogen (secondary N) is 1. The number of aromatic nitrogens is 2. The van der Waals surface area contributed by atoms with E-state index in [0.717, 1.165) is 28.4 Å². The average Bonchev–Trinajstić information content (AvgIpc) is 2.46. The van der Waals surface area contributed by atoms with Crippen LogP contribution in [0.25, 0.3) is 11.3 Å². The minimum atomic E-state index is 0.338. The Labute approximate surface area is 113 Å².